The van der Waals surface area contributed by atoms with Gasteiger partial charge in [-0.2, -0.15) is 11.8 Å². The largest absolute Gasteiger partial charge is 0.480 e. The first-order valence-electron chi connectivity index (χ1n) is 10.1. The van der Waals surface area contributed by atoms with Crippen molar-refractivity contribution in [3.8, 4) is 0 Å². The fraction of sp³-hybridized carbons (Fsp3) is 0.348. The minimum absolute atomic E-state index is 0.328. The highest BCUT2D eigenvalue weighted by atomic mass is 32.2. The average molecular weight is 443 g/mol. The Hall–Kier alpha value is -2.84. The van der Waals surface area contributed by atoms with Crippen molar-refractivity contribution >= 4 is 29.6 Å². The molecule has 0 aliphatic carbocycles. The average Bonchev–Trinajstić information content (AvgIpc) is 2.91. The van der Waals surface area contributed by atoms with Crippen molar-refractivity contribution in [1.82, 2.24) is 10.2 Å². The smallest absolute Gasteiger partial charge is 0.323 e. The number of carboxylic acid groups (broad SMARTS) is 2. The minimum atomic E-state index is -1.10. The lowest BCUT2D eigenvalue weighted by atomic mass is 10.0. The Kier molecular flexibility index (Phi) is 8.08. The van der Waals surface area contributed by atoms with E-state index in [1.54, 1.807) is 0 Å². The maximum Gasteiger partial charge on any atom is 0.323 e. The number of carbonyl (C=O) groups excluding carboxylic acids is 1. The molecule has 1 saturated heterocycles. The molecule has 0 bridgehead atoms. The number of aliphatic carboxylic acids is 2. The first-order chi connectivity index (χ1) is 15.0. The molecule has 1 aliphatic heterocycles. The number of benzene rings is 2. The summed E-state index contributed by atoms with van der Waals surface area (Å²) in [6.07, 6.45) is 0.888. The first kappa shape index (κ1) is 22.8. The van der Waals surface area contributed by atoms with Crippen molar-refractivity contribution in [2.75, 3.05) is 18.1 Å². The van der Waals surface area contributed by atoms with Crippen LogP contribution in [-0.2, 0) is 20.8 Å². The van der Waals surface area contributed by atoms with E-state index in [0.29, 0.717) is 24.3 Å². The van der Waals surface area contributed by atoms with Crippen molar-refractivity contribution in [3.63, 3.8) is 0 Å². The number of rotatable bonds is 9. The highest BCUT2D eigenvalue weighted by molar-refractivity contribution is 7.99. The number of carbonyl (C=O) groups is 3. The number of aryl methyl sites for hydroxylation is 1. The summed E-state index contributed by atoms with van der Waals surface area (Å²) < 4.78 is 0. The molecule has 1 heterocycles. The normalized spacial score (nSPS) is 20.1. The fourth-order valence-electron chi connectivity index (χ4n) is 3.69. The van der Waals surface area contributed by atoms with Crippen LogP contribution in [0.4, 0.5) is 0 Å². The van der Waals surface area contributed by atoms with Crippen molar-refractivity contribution in [2.45, 2.75) is 31.0 Å². The van der Waals surface area contributed by atoms with Gasteiger partial charge in [-0.3, -0.25) is 19.7 Å². The van der Waals surface area contributed by atoms with E-state index in [0.717, 1.165) is 11.1 Å². The summed E-state index contributed by atoms with van der Waals surface area (Å²) in [7, 11) is 0. The van der Waals surface area contributed by atoms with Crippen molar-refractivity contribution in [3.05, 3.63) is 71.8 Å². The van der Waals surface area contributed by atoms with Crippen LogP contribution in [0.25, 0.3) is 0 Å². The maximum absolute atomic E-state index is 13.3. The molecule has 0 unspecified atom stereocenters. The maximum atomic E-state index is 13.3. The lowest BCUT2D eigenvalue weighted by Crippen LogP contribution is -2.53. The van der Waals surface area contributed by atoms with Crippen LogP contribution in [0.15, 0.2) is 60.7 Å². The Morgan fingerprint density at radius 1 is 1.03 bits per heavy atom. The van der Waals surface area contributed by atoms with Crippen LogP contribution < -0.4 is 5.32 Å². The third-order valence-corrected chi connectivity index (χ3v) is 6.39. The van der Waals surface area contributed by atoms with Gasteiger partial charge in [-0.25, -0.2) is 0 Å². The molecule has 3 rings (SSSR count). The van der Waals surface area contributed by atoms with Crippen LogP contribution >= 0.6 is 11.8 Å². The quantitative estimate of drug-likeness (QED) is 0.548. The van der Waals surface area contributed by atoms with E-state index in [1.165, 1.54) is 16.7 Å². The Balaban J connectivity index is 1.75. The van der Waals surface area contributed by atoms with E-state index in [2.05, 4.69) is 5.32 Å². The SMILES string of the molecule is O=C(O)CN1C(=O)[C@@H](N[C@@H](CCc2ccccc2)C(=O)O)CSC[C@@H]1c1ccccc1. The monoisotopic (exact) mass is 442 g/mol. The van der Waals surface area contributed by atoms with Gasteiger partial charge in [0.15, 0.2) is 0 Å². The standard InChI is InChI=1S/C23H26N2O5S/c26-21(27)13-25-20(17-9-5-2-6-10-17)15-31-14-19(22(25)28)24-18(23(29)30)12-11-16-7-3-1-4-8-16/h1-10,18-20,24H,11-15H2,(H,26,27)(H,29,30)/t18-,19-,20+/m0/s1. The molecule has 1 aliphatic rings. The van der Waals surface area contributed by atoms with Crippen molar-refractivity contribution in [1.29, 1.82) is 0 Å². The summed E-state index contributed by atoms with van der Waals surface area (Å²) in [5, 5.41) is 22.1. The van der Waals surface area contributed by atoms with Crippen LogP contribution in [0.1, 0.15) is 23.6 Å². The Morgan fingerprint density at radius 2 is 1.68 bits per heavy atom. The molecule has 8 heteroatoms. The van der Waals surface area contributed by atoms with E-state index in [-0.39, 0.29) is 11.9 Å². The van der Waals surface area contributed by atoms with Crippen LogP contribution in [0.2, 0.25) is 0 Å². The lowest BCUT2D eigenvalue weighted by Gasteiger charge is -2.31. The van der Waals surface area contributed by atoms with Crippen LogP contribution in [-0.4, -0.2) is 63.1 Å². The number of hydrogen-bond donors (Lipinski definition) is 3. The van der Waals surface area contributed by atoms with Crippen LogP contribution in [0.3, 0.4) is 0 Å². The number of thioether (sulfide) groups is 1. The van der Waals surface area contributed by atoms with Gasteiger partial charge in [-0.05, 0) is 24.0 Å². The molecule has 3 atom stereocenters. The molecule has 164 valence electrons. The lowest BCUT2D eigenvalue weighted by molar-refractivity contribution is -0.147. The molecule has 0 saturated carbocycles. The number of hydrogen-bond acceptors (Lipinski definition) is 5. The first-order valence-corrected chi connectivity index (χ1v) is 11.3. The fourth-order valence-corrected chi connectivity index (χ4v) is 4.90. The third-order valence-electron chi connectivity index (χ3n) is 5.27. The molecule has 1 amide bonds. The number of nitrogens with zero attached hydrogens (tertiary/aromatic N) is 1. The van der Waals surface area contributed by atoms with E-state index in [4.69, 9.17) is 0 Å². The van der Waals surface area contributed by atoms with Crippen molar-refractivity contribution in [2.24, 2.45) is 0 Å². The summed E-state index contributed by atoms with van der Waals surface area (Å²) in [4.78, 5) is 38.0. The van der Waals surface area contributed by atoms with E-state index in [9.17, 15) is 24.6 Å². The number of nitrogens with one attached hydrogen (secondary N) is 1. The molecular formula is C23H26N2O5S. The van der Waals surface area contributed by atoms with Gasteiger partial charge < -0.3 is 15.1 Å². The zero-order chi connectivity index (χ0) is 22.2. The van der Waals surface area contributed by atoms with Gasteiger partial charge in [-0.15, -0.1) is 0 Å². The van der Waals surface area contributed by atoms with Gasteiger partial charge in [0.25, 0.3) is 0 Å². The Morgan fingerprint density at radius 3 is 2.29 bits per heavy atom. The minimum Gasteiger partial charge on any atom is -0.480 e. The number of carboxylic acids is 2. The van der Waals surface area contributed by atoms with E-state index < -0.39 is 30.6 Å². The molecule has 0 radical (unpaired) electrons. The van der Waals surface area contributed by atoms with Gasteiger partial charge in [-0.1, -0.05) is 60.7 Å². The third kappa shape index (κ3) is 6.32. The predicted octanol–water partition coefficient (Wildman–Crippen LogP) is 2.43. The summed E-state index contributed by atoms with van der Waals surface area (Å²) in [6.45, 7) is -0.432. The second-order valence-electron chi connectivity index (χ2n) is 7.46. The summed E-state index contributed by atoms with van der Waals surface area (Å²) >= 11 is 1.52. The summed E-state index contributed by atoms with van der Waals surface area (Å²) in [6, 6.07) is 16.8. The molecule has 7 nitrogen and oxygen atoms in total. The molecule has 2 aromatic rings. The van der Waals surface area contributed by atoms with E-state index >= 15 is 0 Å². The molecule has 0 aromatic heterocycles. The molecule has 1 fully saturated rings. The van der Waals surface area contributed by atoms with Gasteiger partial charge >= 0.3 is 11.9 Å². The highest BCUT2D eigenvalue weighted by Gasteiger charge is 2.37. The van der Waals surface area contributed by atoms with Gasteiger partial charge in [0.1, 0.15) is 12.6 Å². The second-order valence-corrected chi connectivity index (χ2v) is 8.53. The highest BCUT2D eigenvalue weighted by Crippen LogP contribution is 2.29. The molecule has 0 spiro atoms. The number of amides is 1. The topological polar surface area (TPSA) is 107 Å². The molecular weight excluding hydrogens is 416 g/mol. The predicted molar refractivity (Wildman–Crippen MR) is 119 cm³/mol. The van der Waals surface area contributed by atoms with Gasteiger partial charge in [0, 0.05) is 11.5 Å². The summed E-state index contributed by atoms with van der Waals surface area (Å²) in [5.41, 5.74) is 1.89. The Labute approximate surface area is 185 Å². The molecule has 3 N–H and O–H groups in total. The van der Waals surface area contributed by atoms with Crippen LogP contribution in [0, 0.1) is 0 Å². The van der Waals surface area contributed by atoms with Gasteiger partial charge in [0.05, 0.1) is 12.1 Å². The second kappa shape index (κ2) is 11.0. The van der Waals surface area contributed by atoms with E-state index in [1.807, 2.05) is 60.7 Å². The Bertz CT molecular complexity index is 893. The van der Waals surface area contributed by atoms with Gasteiger partial charge in [0.2, 0.25) is 5.91 Å². The van der Waals surface area contributed by atoms with Crippen molar-refractivity contribution < 1.29 is 24.6 Å². The van der Waals surface area contributed by atoms with Crippen LogP contribution in [0.5, 0.6) is 0 Å². The summed E-state index contributed by atoms with van der Waals surface area (Å²) in [5.74, 6) is -1.58. The molecule has 2 aromatic carbocycles. The zero-order valence-electron chi connectivity index (χ0n) is 17.0. The zero-order valence-corrected chi connectivity index (χ0v) is 17.8. The molecule has 31 heavy (non-hydrogen) atoms.